The van der Waals surface area contributed by atoms with Crippen molar-refractivity contribution in [2.75, 3.05) is 39.3 Å². The van der Waals surface area contributed by atoms with Crippen molar-refractivity contribution in [1.29, 1.82) is 0 Å². The van der Waals surface area contributed by atoms with Crippen molar-refractivity contribution in [3.63, 3.8) is 0 Å². The summed E-state index contributed by atoms with van der Waals surface area (Å²) in [7, 11) is 0. The van der Waals surface area contributed by atoms with Crippen molar-refractivity contribution >= 4 is 5.96 Å². The normalized spacial score (nSPS) is 17.5. The van der Waals surface area contributed by atoms with E-state index in [0.29, 0.717) is 13.0 Å². The van der Waals surface area contributed by atoms with Gasteiger partial charge in [0.15, 0.2) is 5.96 Å². The third-order valence-corrected chi connectivity index (χ3v) is 4.84. The maximum absolute atomic E-state index is 10.2. The second kappa shape index (κ2) is 12.7. The highest BCUT2D eigenvalue weighted by Crippen LogP contribution is 2.14. The number of aliphatic imine (C=N–C) groups is 1. The van der Waals surface area contributed by atoms with E-state index in [1.54, 1.807) is 0 Å². The summed E-state index contributed by atoms with van der Waals surface area (Å²) in [6.45, 7) is 8.11. The Kier molecular flexibility index (Phi) is 10.1. The van der Waals surface area contributed by atoms with Crippen molar-refractivity contribution < 1.29 is 5.11 Å². The monoisotopic (exact) mass is 360 g/mol. The third kappa shape index (κ3) is 8.19. The van der Waals surface area contributed by atoms with Gasteiger partial charge < -0.3 is 20.6 Å². The Bertz CT molecular complexity index is 498. The molecule has 3 N–H and O–H groups in total. The van der Waals surface area contributed by atoms with E-state index in [2.05, 4.69) is 27.4 Å². The van der Waals surface area contributed by atoms with Gasteiger partial charge in [-0.05, 0) is 57.8 Å². The van der Waals surface area contributed by atoms with Gasteiger partial charge in [0.25, 0.3) is 0 Å². The van der Waals surface area contributed by atoms with Crippen molar-refractivity contribution in [1.82, 2.24) is 15.5 Å². The quantitative estimate of drug-likeness (QED) is 0.360. The van der Waals surface area contributed by atoms with Crippen LogP contribution in [0.3, 0.4) is 0 Å². The fraction of sp³-hybridized carbons (Fsp3) is 0.667. The number of nitrogens with one attached hydrogen (secondary N) is 2. The van der Waals surface area contributed by atoms with Crippen LogP contribution < -0.4 is 10.6 Å². The predicted octanol–water partition coefficient (Wildman–Crippen LogP) is 2.93. The first-order valence-corrected chi connectivity index (χ1v) is 10.3. The van der Waals surface area contributed by atoms with Gasteiger partial charge in [0.1, 0.15) is 0 Å². The molecule has 1 heterocycles. The van der Waals surface area contributed by atoms with Gasteiger partial charge >= 0.3 is 0 Å². The molecule has 5 heteroatoms. The van der Waals surface area contributed by atoms with Gasteiger partial charge in [-0.15, -0.1) is 0 Å². The molecule has 0 saturated carbocycles. The van der Waals surface area contributed by atoms with Gasteiger partial charge in [-0.25, -0.2) is 0 Å². The second-order valence-corrected chi connectivity index (χ2v) is 7.01. The molecule has 26 heavy (non-hydrogen) atoms. The Balaban J connectivity index is 1.67. The lowest BCUT2D eigenvalue weighted by Gasteiger charge is -2.19. The van der Waals surface area contributed by atoms with Crippen LogP contribution in [0, 0.1) is 0 Å². The Morgan fingerprint density at radius 3 is 2.54 bits per heavy atom. The highest BCUT2D eigenvalue weighted by molar-refractivity contribution is 5.79. The van der Waals surface area contributed by atoms with Crippen molar-refractivity contribution in [2.24, 2.45) is 4.99 Å². The SMILES string of the molecule is CCNC(=NCCCN1CCCCCC1)NCCC(O)c1ccccc1. The Hall–Kier alpha value is -1.59. The maximum atomic E-state index is 10.2. The van der Waals surface area contributed by atoms with E-state index in [1.165, 1.54) is 38.8 Å². The van der Waals surface area contributed by atoms with Crippen LogP contribution in [-0.4, -0.2) is 55.2 Å². The summed E-state index contributed by atoms with van der Waals surface area (Å²) in [6, 6.07) is 9.82. The molecule has 146 valence electrons. The molecular formula is C21H36N4O. The van der Waals surface area contributed by atoms with Gasteiger partial charge in [0.05, 0.1) is 6.10 Å². The van der Waals surface area contributed by atoms with E-state index >= 15 is 0 Å². The molecule has 0 aromatic heterocycles. The highest BCUT2D eigenvalue weighted by Gasteiger charge is 2.09. The average molecular weight is 361 g/mol. The molecule has 2 rings (SSSR count). The van der Waals surface area contributed by atoms with Crippen molar-refractivity contribution in [2.45, 2.75) is 51.6 Å². The smallest absolute Gasteiger partial charge is 0.191 e. The fourth-order valence-electron chi connectivity index (χ4n) is 3.36. The standard InChI is InChI=1S/C21H36N4O/c1-2-22-21(23-14-10-18-25-16-8-3-4-9-17-25)24-15-13-20(26)19-11-6-5-7-12-19/h5-7,11-12,20,26H,2-4,8-10,13-18H2,1H3,(H2,22,23,24). The molecule has 1 atom stereocenters. The lowest BCUT2D eigenvalue weighted by molar-refractivity contribution is 0.168. The van der Waals surface area contributed by atoms with Gasteiger partial charge in [-0.1, -0.05) is 43.2 Å². The van der Waals surface area contributed by atoms with E-state index in [-0.39, 0.29) is 0 Å². The number of rotatable bonds is 9. The molecule has 1 aliphatic rings. The summed E-state index contributed by atoms with van der Waals surface area (Å²) in [5.74, 6) is 0.851. The van der Waals surface area contributed by atoms with Gasteiger partial charge in [0, 0.05) is 19.6 Å². The molecule has 0 bridgehead atoms. The first-order chi connectivity index (χ1) is 12.8. The van der Waals surface area contributed by atoms with Crippen LogP contribution in [0.4, 0.5) is 0 Å². The van der Waals surface area contributed by atoms with Crippen LogP contribution in [0.25, 0.3) is 0 Å². The number of nitrogens with zero attached hydrogens (tertiary/aromatic N) is 2. The molecule has 1 unspecified atom stereocenters. The molecule has 1 aliphatic heterocycles. The van der Waals surface area contributed by atoms with Gasteiger partial charge in [-0.3, -0.25) is 4.99 Å². The summed E-state index contributed by atoms with van der Waals surface area (Å²) >= 11 is 0. The first-order valence-electron chi connectivity index (χ1n) is 10.3. The van der Waals surface area contributed by atoms with Crippen LogP contribution in [-0.2, 0) is 0 Å². The number of benzene rings is 1. The Morgan fingerprint density at radius 2 is 1.85 bits per heavy atom. The van der Waals surface area contributed by atoms with Crippen molar-refractivity contribution in [3.05, 3.63) is 35.9 Å². The second-order valence-electron chi connectivity index (χ2n) is 7.01. The largest absolute Gasteiger partial charge is 0.388 e. The average Bonchev–Trinajstić information content (AvgIpc) is 2.94. The first kappa shape index (κ1) is 20.7. The topological polar surface area (TPSA) is 59.9 Å². The lowest BCUT2D eigenvalue weighted by atomic mass is 10.1. The van der Waals surface area contributed by atoms with E-state index < -0.39 is 6.10 Å². The minimum atomic E-state index is -0.436. The number of aliphatic hydroxyl groups is 1. The zero-order valence-corrected chi connectivity index (χ0v) is 16.3. The van der Waals surface area contributed by atoms with E-state index in [0.717, 1.165) is 37.6 Å². The Labute approximate surface area is 158 Å². The van der Waals surface area contributed by atoms with Crippen LogP contribution in [0.1, 0.15) is 57.1 Å². The molecule has 0 spiro atoms. The number of guanidine groups is 1. The third-order valence-electron chi connectivity index (χ3n) is 4.84. The van der Waals surface area contributed by atoms with Gasteiger partial charge in [-0.2, -0.15) is 0 Å². The molecule has 0 amide bonds. The molecule has 1 saturated heterocycles. The molecule has 5 nitrogen and oxygen atoms in total. The van der Waals surface area contributed by atoms with Crippen LogP contribution in [0.15, 0.2) is 35.3 Å². The van der Waals surface area contributed by atoms with E-state index in [4.69, 9.17) is 0 Å². The highest BCUT2D eigenvalue weighted by atomic mass is 16.3. The lowest BCUT2D eigenvalue weighted by Crippen LogP contribution is -2.38. The minimum Gasteiger partial charge on any atom is -0.388 e. The Morgan fingerprint density at radius 1 is 1.12 bits per heavy atom. The molecule has 1 aromatic carbocycles. The summed E-state index contributed by atoms with van der Waals surface area (Å²) in [5, 5.41) is 16.9. The minimum absolute atomic E-state index is 0.436. The summed E-state index contributed by atoms with van der Waals surface area (Å²) in [6.07, 6.45) is 6.80. The summed E-state index contributed by atoms with van der Waals surface area (Å²) in [5.41, 5.74) is 0.966. The van der Waals surface area contributed by atoms with E-state index in [1.807, 2.05) is 30.3 Å². The molecule has 0 radical (unpaired) electrons. The number of aliphatic hydroxyl groups excluding tert-OH is 1. The van der Waals surface area contributed by atoms with Crippen LogP contribution in [0.2, 0.25) is 0 Å². The number of hydrogen-bond acceptors (Lipinski definition) is 3. The number of hydrogen-bond donors (Lipinski definition) is 3. The molecule has 1 fully saturated rings. The fourth-order valence-corrected chi connectivity index (χ4v) is 3.36. The van der Waals surface area contributed by atoms with Crippen molar-refractivity contribution in [3.8, 4) is 0 Å². The zero-order chi connectivity index (χ0) is 18.5. The predicted molar refractivity (Wildman–Crippen MR) is 110 cm³/mol. The van der Waals surface area contributed by atoms with Gasteiger partial charge in [0.2, 0.25) is 0 Å². The molecule has 0 aliphatic carbocycles. The summed E-state index contributed by atoms with van der Waals surface area (Å²) < 4.78 is 0. The van der Waals surface area contributed by atoms with Crippen LogP contribution >= 0.6 is 0 Å². The maximum Gasteiger partial charge on any atom is 0.191 e. The number of likely N-dealkylation sites (tertiary alicyclic amines) is 1. The molecular weight excluding hydrogens is 324 g/mol. The zero-order valence-electron chi connectivity index (χ0n) is 16.3. The van der Waals surface area contributed by atoms with E-state index in [9.17, 15) is 5.11 Å². The van der Waals surface area contributed by atoms with Crippen LogP contribution in [0.5, 0.6) is 0 Å². The summed E-state index contributed by atoms with van der Waals surface area (Å²) in [4.78, 5) is 7.26. The molecule has 1 aromatic rings.